The third kappa shape index (κ3) is 1.86. The first kappa shape index (κ1) is 10.2. The molecule has 14 heavy (non-hydrogen) atoms. The van der Waals surface area contributed by atoms with Gasteiger partial charge in [-0.1, -0.05) is 33.6 Å². The summed E-state index contributed by atoms with van der Waals surface area (Å²) in [6.45, 7) is 5.48. The highest BCUT2D eigenvalue weighted by Crippen LogP contribution is 2.32. The molecule has 0 amide bonds. The second kappa shape index (κ2) is 4.03. The first-order chi connectivity index (χ1) is 6.68. The van der Waals surface area contributed by atoms with Crippen LogP contribution in [0.1, 0.15) is 35.6 Å². The molecule has 76 valence electrons. The molecule has 1 fully saturated rings. The van der Waals surface area contributed by atoms with Gasteiger partial charge in [-0.25, -0.2) is 0 Å². The van der Waals surface area contributed by atoms with Gasteiger partial charge in [0.05, 0.1) is 0 Å². The second-order valence-electron chi connectivity index (χ2n) is 4.13. The first-order valence-electron chi connectivity index (χ1n) is 5.18. The third-order valence-corrected chi connectivity index (χ3v) is 3.95. The number of nitrogens with one attached hydrogen (secondary N) is 1. The van der Waals surface area contributed by atoms with Crippen molar-refractivity contribution in [2.45, 2.75) is 32.7 Å². The molecule has 2 heteroatoms. The Labute approximate surface area is 94.0 Å². The van der Waals surface area contributed by atoms with Gasteiger partial charge in [-0.05, 0) is 44.4 Å². The molecule has 2 rings (SSSR count). The fourth-order valence-corrected chi connectivity index (χ4v) is 2.69. The van der Waals surface area contributed by atoms with Crippen LogP contribution in [0, 0.1) is 13.8 Å². The van der Waals surface area contributed by atoms with Gasteiger partial charge in [0.1, 0.15) is 0 Å². The molecule has 1 atom stereocenters. The summed E-state index contributed by atoms with van der Waals surface area (Å²) in [5, 5.41) is 3.54. The minimum Gasteiger partial charge on any atom is -0.310 e. The lowest BCUT2D eigenvalue weighted by atomic mass is 10.0. The minimum atomic E-state index is 0.558. The molecule has 1 heterocycles. The number of rotatable bonds is 1. The van der Waals surface area contributed by atoms with Crippen LogP contribution in [0.15, 0.2) is 16.6 Å². The molecule has 1 nitrogen and oxygen atoms in total. The van der Waals surface area contributed by atoms with Gasteiger partial charge < -0.3 is 5.32 Å². The highest BCUT2D eigenvalue weighted by atomic mass is 79.9. The summed E-state index contributed by atoms with van der Waals surface area (Å²) in [5.74, 6) is 0. The lowest BCUT2D eigenvalue weighted by Crippen LogP contribution is -2.13. The van der Waals surface area contributed by atoms with Gasteiger partial charge >= 0.3 is 0 Å². The fourth-order valence-electron chi connectivity index (χ4n) is 2.19. The SMILES string of the molecule is Cc1cc(C)c(Br)c(C2CCCN2)c1. The van der Waals surface area contributed by atoms with Crippen LogP contribution in [-0.2, 0) is 0 Å². The van der Waals surface area contributed by atoms with E-state index in [0.29, 0.717) is 6.04 Å². The highest BCUT2D eigenvalue weighted by molar-refractivity contribution is 9.10. The second-order valence-corrected chi connectivity index (χ2v) is 4.93. The molecule has 1 aromatic carbocycles. The molecule has 0 radical (unpaired) electrons. The number of aryl methyl sites for hydroxylation is 2. The van der Waals surface area contributed by atoms with Crippen molar-refractivity contribution in [2.24, 2.45) is 0 Å². The molecular formula is C12H16BrN. The Hall–Kier alpha value is -0.340. The lowest BCUT2D eigenvalue weighted by Gasteiger charge is -2.15. The number of hydrogen-bond acceptors (Lipinski definition) is 1. The summed E-state index contributed by atoms with van der Waals surface area (Å²) >= 11 is 3.68. The Morgan fingerprint density at radius 1 is 1.36 bits per heavy atom. The highest BCUT2D eigenvalue weighted by Gasteiger charge is 2.19. The van der Waals surface area contributed by atoms with Gasteiger partial charge in [0.2, 0.25) is 0 Å². The predicted molar refractivity (Wildman–Crippen MR) is 63.6 cm³/mol. The van der Waals surface area contributed by atoms with Gasteiger partial charge in [-0.2, -0.15) is 0 Å². The molecule has 1 aromatic rings. The zero-order chi connectivity index (χ0) is 10.1. The van der Waals surface area contributed by atoms with Crippen LogP contribution in [0.4, 0.5) is 0 Å². The Bertz CT molecular complexity index is 340. The summed E-state index contributed by atoms with van der Waals surface area (Å²) in [7, 11) is 0. The largest absolute Gasteiger partial charge is 0.310 e. The van der Waals surface area contributed by atoms with Crippen LogP contribution < -0.4 is 5.32 Å². The quantitative estimate of drug-likeness (QED) is 0.808. The van der Waals surface area contributed by atoms with E-state index in [-0.39, 0.29) is 0 Å². The van der Waals surface area contributed by atoms with Crippen molar-refractivity contribution < 1.29 is 0 Å². The lowest BCUT2D eigenvalue weighted by molar-refractivity contribution is 0.643. The van der Waals surface area contributed by atoms with Gasteiger partial charge in [0, 0.05) is 10.5 Å². The molecular weight excluding hydrogens is 238 g/mol. The van der Waals surface area contributed by atoms with Crippen molar-refractivity contribution >= 4 is 15.9 Å². The van der Waals surface area contributed by atoms with E-state index in [2.05, 4.69) is 47.2 Å². The van der Waals surface area contributed by atoms with E-state index in [1.54, 1.807) is 0 Å². The molecule has 1 unspecified atom stereocenters. The van der Waals surface area contributed by atoms with E-state index in [4.69, 9.17) is 0 Å². The zero-order valence-electron chi connectivity index (χ0n) is 8.73. The summed E-state index contributed by atoms with van der Waals surface area (Å²) in [6, 6.07) is 5.07. The van der Waals surface area contributed by atoms with Crippen molar-refractivity contribution in [3.05, 3.63) is 33.3 Å². The van der Waals surface area contributed by atoms with Crippen LogP contribution >= 0.6 is 15.9 Å². The minimum absolute atomic E-state index is 0.558. The average Bonchev–Trinajstić information content (AvgIpc) is 2.63. The van der Waals surface area contributed by atoms with Crippen molar-refractivity contribution in [2.75, 3.05) is 6.54 Å². The van der Waals surface area contributed by atoms with E-state index in [0.717, 1.165) is 6.54 Å². The van der Waals surface area contributed by atoms with Crippen LogP contribution in [0.5, 0.6) is 0 Å². The normalized spacial score (nSPS) is 21.5. The molecule has 1 aliphatic heterocycles. The topological polar surface area (TPSA) is 12.0 Å². The molecule has 0 bridgehead atoms. The van der Waals surface area contributed by atoms with Crippen LogP contribution in [0.2, 0.25) is 0 Å². The Balaban J connectivity index is 2.40. The standard InChI is InChI=1S/C12H16BrN/c1-8-6-9(2)12(13)10(7-8)11-4-3-5-14-11/h6-7,11,14H,3-5H2,1-2H3. The molecule has 1 aliphatic rings. The number of hydrogen-bond donors (Lipinski definition) is 1. The third-order valence-electron chi connectivity index (χ3n) is 2.86. The molecule has 0 saturated carbocycles. The molecule has 0 aliphatic carbocycles. The van der Waals surface area contributed by atoms with Crippen molar-refractivity contribution in [3.8, 4) is 0 Å². The van der Waals surface area contributed by atoms with Crippen LogP contribution in [-0.4, -0.2) is 6.54 Å². The molecule has 1 N–H and O–H groups in total. The summed E-state index contributed by atoms with van der Waals surface area (Å²) in [6.07, 6.45) is 2.56. The van der Waals surface area contributed by atoms with Crippen LogP contribution in [0.25, 0.3) is 0 Å². The first-order valence-corrected chi connectivity index (χ1v) is 5.98. The van der Waals surface area contributed by atoms with E-state index in [1.165, 1.54) is 34.0 Å². The fraction of sp³-hybridized carbons (Fsp3) is 0.500. The van der Waals surface area contributed by atoms with Crippen molar-refractivity contribution in [3.63, 3.8) is 0 Å². The Morgan fingerprint density at radius 2 is 2.14 bits per heavy atom. The number of halogens is 1. The summed E-state index contributed by atoms with van der Waals surface area (Å²) in [4.78, 5) is 0. The Morgan fingerprint density at radius 3 is 2.79 bits per heavy atom. The zero-order valence-corrected chi connectivity index (χ0v) is 10.3. The average molecular weight is 254 g/mol. The molecule has 0 spiro atoms. The monoisotopic (exact) mass is 253 g/mol. The molecule has 0 aromatic heterocycles. The van der Waals surface area contributed by atoms with E-state index in [9.17, 15) is 0 Å². The van der Waals surface area contributed by atoms with Gasteiger partial charge in [0.25, 0.3) is 0 Å². The van der Waals surface area contributed by atoms with Gasteiger partial charge in [-0.3, -0.25) is 0 Å². The maximum atomic E-state index is 3.68. The van der Waals surface area contributed by atoms with Crippen molar-refractivity contribution in [1.29, 1.82) is 0 Å². The summed E-state index contributed by atoms with van der Waals surface area (Å²) in [5.41, 5.74) is 4.13. The van der Waals surface area contributed by atoms with Crippen molar-refractivity contribution in [1.82, 2.24) is 5.32 Å². The van der Waals surface area contributed by atoms with E-state index >= 15 is 0 Å². The predicted octanol–water partition coefficient (Wildman–Crippen LogP) is 3.49. The maximum absolute atomic E-state index is 3.68. The number of benzene rings is 1. The van der Waals surface area contributed by atoms with Gasteiger partial charge in [-0.15, -0.1) is 0 Å². The summed E-state index contributed by atoms with van der Waals surface area (Å²) < 4.78 is 1.28. The van der Waals surface area contributed by atoms with E-state index < -0.39 is 0 Å². The van der Waals surface area contributed by atoms with Gasteiger partial charge in [0.15, 0.2) is 0 Å². The maximum Gasteiger partial charge on any atom is 0.0332 e. The molecule has 1 saturated heterocycles. The van der Waals surface area contributed by atoms with E-state index in [1.807, 2.05) is 0 Å². The Kier molecular flexibility index (Phi) is 2.93. The van der Waals surface area contributed by atoms with Crippen LogP contribution in [0.3, 0.4) is 0 Å². The smallest absolute Gasteiger partial charge is 0.0332 e.